The zero-order valence-electron chi connectivity index (χ0n) is 12.9. The minimum Gasteiger partial charge on any atom is -0.377 e. The van der Waals surface area contributed by atoms with Gasteiger partial charge in [0.1, 0.15) is 5.01 Å². The number of nitrogens with zero attached hydrogens (tertiary/aromatic N) is 2. The first-order chi connectivity index (χ1) is 11.8. The van der Waals surface area contributed by atoms with E-state index < -0.39 is 0 Å². The Morgan fingerprint density at radius 2 is 2.00 bits per heavy atom. The lowest BCUT2D eigenvalue weighted by Gasteiger charge is -2.19. The molecule has 4 N–H and O–H groups in total. The van der Waals surface area contributed by atoms with E-state index in [0.29, 0.717) is 6.54 Å². The number of nitrogens with two attached hydrogens (primary N) is 1. The highest BCUT2D eigenvalue weighted by atomic mass is 32.1. The van der Waals surface area contributed by atoms with Crippen LogP contribution in [0.25, 0.3) is 21.6 Å². The molecule has 0 bridgehead atoms. The molecule has 2 aromatic carbocycles. The molecule has 0 fully saturated rings. The van der Waals surface area contributed by atoms with E-state index in [-0.39, 0.29) is 6.04 Å². The Labute approximate surface area is 143 Å². The molecule has 4 rings (SSSR count). The van der Waals surface area contributed by atoms with Crippen molar-refractivity contribution in [2.45, 2.75) is 6.04 Å². The number of aromatic amines is 1. The van der Waals surface area contributed by atoms with Gasteiger partial charge in [0, 0.05) is 29.4 Å². The summed E-state index contributed by atoms with van der Waals surface area (Å²) in [4.78, 5) is 11.7. The van der Waals surface area contributed by atoms with E-state index in [4.69, 9.17) is 5.73 Å². The summed E-state index contributed by atoms with van der Waals surface area (Å²) in [5.41, 5.74) is 11.3. The molecule has 6 heteroatoms. The average Bonchev–Trinajstić information content (AvgIpc) is 3.31. The molecule has 0 spiro atoms. The lowest BCUT2D eigenvalue weighted by atomic mass is 10.0. The van der Waals surface area contributed by atoms with E-state index in [1.807, 2.05) is 23.7 Å². The number of imidazole rings is 1. The number of anilines is 1. The monoisotopic (exact) mass is 335 g/mol. The maximum absolute atomic E-state index is 5.98. The predicted octanol–water partition coefficient (Wildman–Crippen LogP) is 3.80. The smallest absolute Gasteiger partial charge is 0.123 e. The SMILES string of the molecule is NCC(Nc1ccc2nc[nH]c2c1)c1ccc(-c2nccs2)cc1. The van der Waals surface area contributed by atoms with E-state index in [0.717, 1.165) is 32.9 Å². The van der Waals surface area contributed by atoms with Gasteiger partial charge in [-0.1, -0.05) is 24.3 Å². The van der Waals surface area contributed by atoms with Crippen LogP contribution in [0.4, 0.5) is 5.69 Å². The van der Waals surface area contributed by atoms with E-state index in [1.165, 1.54) is 0 Å². The van der Waals surface area contributed by atoms with E-state index in [9.17, 15) is 0 Å². The van der Waals surface area contributed by atoms with Crippen LogP contribution >= 0.6 is 11.3 Å². The molecule has 1 unspecified atom stereocenters. The van der Waals surface area contributed by atoms with Crippen molar-refractivity contribution < 1.29 is 0 Å². The fourth-order valence-corrected chi connectivity index (χ4v) is 3.37. The maximum Gasteiger partial charge on any atom is 0.123 e. The first-order valence-corrected chi connectivity index (χ1v) is 8.61. The van der Waals surface area contributed by atoms with Crippen LogP contribution in [0.1, 0.15) is 11.6 Å². The fourth-order valence-electron chi connectivity index (χ4n) is 2.73. The molecule has 4 aromatic rings. The molecule has 0 aliphatic rings. The largest absolute Gasteiger partial charge is 0.377 e. The van der Waals surface area contributed by atoms with Crippen LogP contribution in [0.5, 0.6) is 0 Å². The van der Waals surface area contributed by atoms with Gasteiger partial charge in [-0.3, -0.25) is 0 Å². The molecule has 0 radical (unpaired) electrons. The zero-order chi connectivity index (χ0) is 16.4. The van der Waals surface area contributed by atoms with Gasteiger partial charge in [-0.2, -0.15) is 0 Å². The Kier molecular flexibility index (Phi) is 3.98. The summed E-state index contributed by atoms with van der Waals surface area (Å²) in [6.07, 6.45) is 3.52. The molecule has 0 saturated heterocycles. The van der Waals surface area contributed by atoms with Crippen LogP contribution in [0.2, 0.25) is 0 Å². The summed E-state index contributed by atoms with van der Waals surface area (Å²) in [7, 11) is 0. The quantitative estimate of drug-likeness (QED) is 0.518. The summed E-state index contributed by atoms with van der Waals surface area (Å²) < 4.78 is 0. The van der Waals surface area contributed by atoms with Gasteiger partial charge in [-0.05, 0) is 23.8 Å². The Balaban J connectivity index is 1.56. The van der Waals surface area contributed by atoms with Gasteiger partial charge in [0.25, 0.3) is 0 Å². The van der Waals surface area contributed by atoms with Gasteiger partial charge < -0.3 is 16.0 Å². The van der Waals surface area contributed by atoms with Gasteiger partial charge >= 0.3 is 0 Å². The summed E-state index contributed by atoms with van der Waals surface area (Å²) in [6.45, 7) is 0.512. The number of hydrogen-bond acceptors (Lipinski definition) is 5. The summed E-state index contributed by atoms with van der Waals surface area (Å²) in [5.74, 6) is 0. The van der Waals surface area contributed by atoms with Crippen molar-refractivity contribution in [3.8, 4) is 10.6 Å². The molecule has 0 saturated carbocycles. The molecule has 0 aliphatic carbocycles. The van der Waals surface area contributed by atoms with Crippen molar-refractivity contribution in [3.63, 3.8) is 0 Å². The normalized spacial score (nSPS) is 12.4. The van der Waals surface area contributed by atoms with E-state index in [2.05, 4.69) is 50.6 Å². The number of rotatable bonds is 5. The third kappa shape index (κ3) is 2.89. The van der Waals surface area contributed by atoms with Gasteiger partial charge in [0.15, 0.2) is 0 Å². The van der Waals surface area contributed by atoms with Crippen LogP contribution in [0.3, 0.4) is 0 Å². The molecule has 1 atom stereocenters. The van der Waals surface area contributed by atoms with Crippen molar-refractivity contribution in [2.75, 3.05) is 11.9 Å². The minimum atomic E-state index is 0.0516. The van der Waals surface area contributed by atoms with Crippen LogP contribution in [0.15, 0.2) is 60.4 Å². The van der Waals surface area contributed by atoms with Crippen molar-refractivity contribution >= 4 is 28.1 Å². The fraction of sp³-hybridized carbons (Fsp3) is 0.111. The number of fused-ring (bicyclic) bond motifs is 1. The second kappa shape index (κ2) is 6.43. The topological polar surface area (TPSA) is 79.6 Å². The van der Waals surface area contributed by atoms with Gasteiger partial charge in [-0.25, -0.2) is 9.97 Å². The zero-order valence-corrected chi connectivity index (χ0v) is 13.8. The third-order valence-electron chi connectivity index (χ3n) is 3.99. The maximum atomic E-state index is 5.98. The number of H-pyrrole nitrogens is 1. The van der Waals surface area contributed by atoms with Crippen LogP contribution in [-0.4, -0.2) is 21.5 Å². The molecule has 120 valence electrons. The summed E-state index contributed by atoms with van der Waals surface area (Å²) in [5, 5.41) is 6.51. The molecular weight excluding hydrogens is 318 g/mol. The van der Waals surface area contributed by atoms with Crippen molar-refractivity contribution in [3.05, 3.63) is 65.9 Å². The Bertz CT molecular complexity index is 928. The van der Waals surface area contributed by atoms with Crippen molar-refractivity contribution in [2.24, 2.45) is 5.73 Å². The molecular formula is C18H17N5S. The van der Waals surface area contributed by atoms with Crippen LogP contribution < -0.4 is 11.1 Å². The van der Waals surface area contributed by atoms with Gasteiger partial charge in [-0.15, -0.1) is 11.3 Å². The summed E-state index contributed by atoms with van der Waals surface area (Å²) >= 11 is 1.64. The van der Waals surface area contributed by atoms with Crippen LogP contribution in [0, 0.1) is 0 Å². The highest BCUT2D eigenvalue weighted by molar-refractivity contribution is 7.13. The second-order valence-corrected chi connectivity index (χ2v) is 6.42. The number of aromatic nitrogens is 3. The first-order valence-electron chi connectivity index (χ1n) is 7.73. The number of thiazole rings is 1. The Morgan fingerprint density at radius 1 is 1.12 bits per heavy atom. The highest BCUT2D eigenvalue weighted by Crippen LogP contribution is 2.26. The highest BCUT2D eigenvalue weighted by Gasteiger charge is 2.11. The lowest BCUT2D eigenvalue weighted by Crippen LogP contribution is -2.20. The van der Waals surface area contributed by atoms with E-state index >= 15 is 0 Å². The third-order valence-corrected chi connectivity index (χ3v) is 4.81. The first kappa shape index (κ1) is 14.9. The number of nitrogens with one attached hydrogen (secondary N) is 2. The van der Waals surface area contributed by atoms with Crippen LogP contribution in [-0.2, 0) is 0 Å². The molecule has 0 amide bonds. The molecule has 0 aliphatic heterocycles. The van der Waals surface area contributed by atoms with E-state index in [1.54, 1.807) is 17.7 Å². The minimum absolute atomic E-state index is 0.0516. The standard InChI is InChI=1S/C18H17N5S/c19-10-17(23-14-5-6-15-16(9-14)22-11-21-15)12-1-3-13(4-2-12)18-20-7-8-24-18/h1-9,11,17,23H,10,19H2,(H,21,22). The Morgan fingerprint density at radius 3 is 2.75 bits per heavy atom. The average molecular weight is 335 g/mol. The summed E-state index contributed by atoms with van der Waals surface area (Å²) in [6, 6.07) is 14.5. The van der Waals surface area contributed by atoms with Crippen molar-refractivity contribution in [1.29, 1.82) is 0 Å². The Hall–Kier alpha value is -2.70. The van der Waals surface area contributed by atoms with Crippen molar-refractivity contribution in [1.82, 2.24) is 15.0 Å². The van der Waals surface area contributed by atoms with Gasteiger partial charge in [0.2, 0.25) is 0 Å². The molecule has 2 aromatic heterocycles. The second-order valence-electron chi connectivity index (χ2n) is 5.53. The molecule has 2 heterocycles. The molecule has 24 heavy (non-hydrogen) atoms. The molecule has 5 nitrogen and oxygen atoms in total. The number of hydrogen-bond donors (Lipinski definition) is 3. The van der Waals surface area contributed by atoms with Gasteiger partial charge in [0.05, 0.1) is 23.4 Å². The lowest BCUT2D eigenvalue weighted by molar-refractivity contribution is 0.790. The number of benzene rings is 2. The predicted molar refractivity (Wildman–Crippen MR) is 99.1 cm³/mol.